The number of aromatic nitrogens is 1. The number of hydrogen-bond acceptors (Lipinski definition) is 4. The summed E-state index contributed by atoms with van der Waals surface area (Å²) >= 11 is 0. The van der Waals surface area contributed by atoms with Crippen LogP contribution in [0.5, 0.6) is 0 Å². The number of nitrogens with zero attached hydrogens (tertiary/aromatic N) is 2. The van der Waals surface area contributed by atoms with E-state index in [0.717, 1.165) is 12.6 Å². The second-order valence-electron chi connectivity index (χ2n) is 5.35. The molecular formula is C15H15F2N3O2. The van der Waals surface area contributed by atoms with E-state index in [9.17, 15) is 13.6 Å². The molecule has 0 radical (unpaired) electrons. The molecule has 1 saturated heterocycles. The normalized spacial score (nSPS) is 22.0. The van der Waals surface area contributed by atoms with E-state index in [1.807, 2.05) is 11.9 Å². The third kappa shape index (κ3) is 2.71. The highest BCUT2D eigenvalue weighted by atomic mass is 19.2. The lowest BCUT2D eigenvalue weighted by Crippen LogP contribution is -2.39. The summed E-state index contributed by atoms with van der Waals surface area (Å²) in [4.78, 5) is 14.1. The van der Waals surface area contributed by atoms with Crippen LogP contribution in [0.4, 0.5) is 8.78 Å². The molecule has 1 aromatic heterocycles. The van der Waals surface area contributed by atoms with Crippen LogP contribution in [0.15, 0.2) is 35.1 Å². The summed E-state index contributed by atoms with van der Waals surface area (Å²) in [7, 11) is 1.88. The van der Waals surface area contributed by atoms with Gasteiger partial charge in [0.25, 0.3) is 5.91 Å². The maximum atomic E-state index is 13.5. The van der Waals surface area contributed by atoms with E-state index >= 15 is 0 Å². The van der Waals surface area contributed by atoms with Crippen molar-refractivity contribution in [3.63, 3.8) is 0 Å². The first-order chi connectivity index (χ1) is 10.6. The predicted molar refractivity (Wildman–Crippen MR) is 74.1 cm³/mol. The average Bonchev–Trinajstić information content (AvgIpc) is 3.13. The third-order valence-corrected chi connectivity index (χ3v) is 3.92. The smallest absolute Gasteiger partial charge is 0.273 e. The van der Waals surface area contributed by atoms with Gasteiger partial charge in [-0.3, -0.25) is 9.69 Å². The number of benzene rings is 1. The molecule has 5 nitrogen and oxygen atoms in total. The Hall–Kier alpha value is -2.28. The van der Waals surface area contributed by atoms with Crippen molar-refractivity contribution >= 4 is 5.91 Å². The van der Waals surface area contributed by atoms with Gasteiger partial charge >= 0.3 is 0 Å². The first-order valence-corrected chi connectivity index (χ1v) is 6.92. The molecule has 0 bridgehead atoms. The van der Waals surface area contributed by atoms with E-state index in [1.54, 1.807) is 6.07 Å². The highest BCUT2D eigenvalue weighted by molar-refractivity contribution is 5.92. The van der Waals surface area contributed by atoms with Crippen LogP contribution in [-0.4, -0.2) is 35.6 Å². The lowest BCUT2D eigenvalue weighted by molar-refractivity contribution is 0.0918. The summed E-state index contributed by atoms with van der Waals surface area (Å²) in [5.41, 5.74) is 0.822. The standard InChI is InChI=1S/C15H15F2N3O2/c1-20-6-4-12(18-15(21)13-5-7-22-19-13)14(20)9-2-3-10(16)11(17)8-9/h2-3,5,7-8,12,14H,4,6H2,1H3,(H,18,21)/t12-,14-/m0/s1. The number of likely N-dealkylation sites (tertiary alicyclic amines) is 1. The van der Waals surface area contributed by atoms with Gasteiger partial charge in [0.2, 0.25) is 0 Å². The highest BCUT2D eigenvalue weighted by Gasteiger charge is 2.34. The second kappa shape index (κ2) is 5.84. The van der Waals surface area contributed by atoms with Gasteiger partial charge in [-0.15, -0.1) is 0 Å². The summed E-state index contributed by atoms with van der Waals surface area (Å²) in [5.74, 6) is -2.12. The van der Waals surface area contributed by atoms with Crippen molar-refractivity contribution in [3.8, 4) is 0 Å². The van der Waals surface area contributed by atoms with Crippen LogP contribution in [0.3, 0.4) is 0 Å². The number of carbonyl (C=O) groups is 1. The molecule has 0 saturated carbocycles. The molecule has 1 aliphatic heterocycles. The van der Waals surface area contributed by atoms with Crippen molar-refractivity contribution < 1.29 is 18.1 Å². The minimum atomic E-state index is -0.889. The molecular weight excluding hydrogens is 292 g/mol. The van der Waals surface area contributed by atoms with Crippen molar-refractivity contribution in [2.45, 2.75) is 18.5 Å². The molecule has 1 N–H and O–H groups in total. The van der Waals surface area contributed by atoms with E-state index < -0.39 is 11.6 Å². The molecule has 2 aromatic rings. The van der Waals surface area contributed by atoms with Crippen LogP contribution in [0.2, 0.25) is 0 Å². The second-order valence-corrected chi connectivity index (χ2v) is 5.35. The molecule has 2 heterocycles. The van der Waals surface area contributed by atoms with Crippen LogP contribution in [0.25, 0.3) is 0 Å². The van der Waals surface area contributed by atoms with Crippen molar-refractivity contribution in [3.05, 3.63) is 53.4 Å². The molecule has 3 rings (SSSR count). The van der Waals surface area contributed by atoms with Gasteiger partial charge in [-0.25, -0.2) is 8.78 Å². The monoisotopic (exact) mass is 307 g/mol. The number of rotatable bonds is 3. The Morgan fingerprint density at radius 2 is 2.18 bits per heavy atom. The fraction of sp³-hybridized carbons (Fsp3) is 0.333. The van der Waals surface area contributed by atoms with Crippen molar-refractivity contribution in [1.82, 2.24) is 15.4 Å². The number of hydrogen-bond donors (Lipinski definition) is 1. The Labute approximate surface area is 125 Å². The lowest BCUT2D eigenvalue weighted by Gasteiger charge is -2.26. The van der Waals surface area contributed by atoms with Crippen LogP contribution in [0, 0.1) is 11.6 Å². The van der Waals surface area contributed by atoms with Gasteiger partial charge < -0.3 is 9.84 Å². The number of amides is 1. The molecule has 1 fully saturated rings. The Balaban J connectivity index is 1.81. The molecule has 0 aliphatic carbocycles. The van der Waals surface area contributed by atoms with Gasteiger partial charge in [0.1, 0.15) is 6.26 Å². The van der Waals surface area contributed by atoms with Crippen LogP contribution >= 0.6 is 0 Å². The molecule has 116 valence electrons. The Morgan fingerprint density at radius 1 is 1.36 bits per heavy atom. The Morgan fingerprint density at radius 3 is 2.86 bits per heavy atom. The van der Waals surface area contributed by atoms with Crippen molar-refractivity contribution in [1.29, 1.82) is 0 Å². The van der Waals surface area contributed by atoms with Crippen molar-refractivity contribution in [2.24, 2.45) is 0 Å². The molecule has 22 heavy (non-hydrogen) atoms. The Kier molecular flexibility index (Phi) is 3.89. The molecule has 1 aliphatic rings. The first kappa shape index (κ1) is 14.6. The molecule has 1 aromatic carbocycles. The minimum Gasteiger partial charge on any atom is -0.364 e. The number of carbonyl (C=O) groups excluding carboxylic acids is 1. The van der Waals surface area contributed by atoms with E-state index in [0.29, 0.717) is 12.0 Å². The maximum Gasteiger partial charge on any atom is 0.273 e. The average molecular weight is 307 g/mol. The fourth-order valence-electron chi connectivity index (χ4n) is 2.85. The number of nitrogens with one attached hydrogen (secondary N) is 1. The van der Waals surface area contributed by atoms with Gasteiger partial charge in [0.05, 0.1) is 12.1 Å². The molecule has 0 unspecified atom stereocenters. The summed E-state index contributed by atoms with van der Waals surface area (Å²) in [6.07, 6.45) is 2.03. The fourth-order valence-corrected chi connectivity index (χ4v) is 2.85. The van der Waals surface area contributed by atoms with Crippen LogP contribution in [0.1, 0.15) is 28.5 Å². The molecule has 1 amide bonds. The molecule has 7 heteroatoms. The Bertz CT molecular complexity index is 675. The van der Waals surface area contributed by atoms with E-state index in [-0.39, 0.29) is 23.7 Å². The number of likely N-dealkylation sites (N-methyl/N-ethyl adjacent to an activating group) is 1. The minimum absolute atomic E-state index is 0.193. The van der Waals surface area contributed by atoms with Crippen LogP contribution < -0.4 is 5.32 Å². The topological polar surface area (TPSA) is 58.4 Å². The van der Waals surface area contributed by atoms with Gasteiger partial charge in [-0.05, 0) is 31.2 Å². The van der Waals surface area contributed by atoms with Gasteiger partial charge in [-0.2, -0.15) is 0 Å². The largest absolute Gasteiger partial charge is 0.364 e. The first-order valence-electron chi connectivity index (χ1n) is 6.92. The summed E-state index contributed by atoms with van der Waals surface area (Å²) in [5, 5.41) is 6.47. The summed E-state index contributed by atoms with van der Waals surface area (Å²) in [6, 6.07) is 4.87. The zero-order valence-electron chi connectivity index (χ0n) is 11.9. The van der Waals surface area contributed by atoms with Crippen molar-refractivity contribution in [2.75, 3.05) is 13.6 Å². The van der Waals surface area contributed by atoms with Gasteiger partial charge in [0, 0.05) is 12.6 Å². The van der Waals surface area contributed by atoms with Crippen LogP contribution in [-0.2, 0) is 0 Å². The molecule has 0 spiro atoms. The zero-order chi connectivity index (χ0) is 15.7. The number of halogens is 2. The lowest BCUT2D eigenvalue weighted by atomic mass is 9.99. The van der Waals surface area contributed by atoms with Gasteiger partial charge in [0.15, 0.2) is 17.3 Å². The third-order valence-electron chi connectivity index (χ3n) is 3.92. The SMILES string of the molecule is CN1CC[C@H](NC(=O)c2ccon2)[C@@H]1c1ccc(F)c(F)c1. The maximum absolute atomic E-state index is 13.5. The molecule has 2 atom stereocenters. The highest BCUT2D eigenvalue weighted by Crippen LogP contribution is 2.31. The summed E-state index contributed by atoms with van der Waals surface area (Å²) in [6.45, 7) is 0.743. The van der Waals surface area contributed by atoms with E-state index in [2.05, 4.69) is 15.0 Å². The predicted octanol–water partition coefficient (Wildman–Crippen LogP) is 2.13. The van der Waals surface area contributed by atoms with E-state index in [1.165, 1.54) is 18.4 Å². The zero-order valence-corrected chi connectivity index (χ0v) is 11.9. The summed E-state index contributed by atoms with van der Waals surface area (Å²) < 4.78 is 31.2. The van der Waals surface area contributed by atoms with E-state index in [4.69, 9.17) is 0 Å². The quantitative estimate of drug-likeness (QED) is 0.944. The van der Waals surface area contributed by atoms with Gasteiger partial charge in [-0.1, -0.05) is 11.2 Å².